The zero-order chi connectivity index (χ0) is 30.2. The molecule has 42 heavy (non-hydrogen) atoms. The minimum atomic E-state index is -1.54. The molecule has 0 fully saturated rings. The second-order valence-corrected chi connectivity index (χ2v) is 10.3. The Morgan fingerprint density at radius 3 is 1.69 bits per heavy atom. The van der Waals surface area contributed by atoms with Gasteiger partial charge in [0.2, 0.25) is 11.2 Å². The molecule has 0 aliphatic carbocycles. The van der Waals surface area contributed by atoms with Crippen molar-refractivity contribution in [1.82, 2.24) is 0 Å². The molecule has 0 unspecified atom stereocenters. The zero-order valence-corrected chi connectivity index (χ0v) is 21.4. The highest BCUT2D eigenvalue weighted by Gasteiger charge is 2.38. The average molecular weight is 580 g/mol. The highest BCUT2D eigenvalue weighted by atomic mass is 16.5. The van der Waals surface area contributed by atoms with Crippen molar-refractivity contribution in [1.29, 1.82) is 0 Å². The van der Waals surface area contributed by atoms with Gasteiger partial charge in [-0.1, -0.05) is 0 Å². The van der Waals surface area contributed by atoms with E-state index in [4.69, 9.17) is 9.47 Å². The lowest BCUT2D eigenvalue weighted by molar-refractivity contribution is 0.0187. The highest BCUT2D eigenvalue weighted by Crippen LogP contribution is 2.53. The van der Waals surface area contributed by atoms with Crippen molar-refractivity contribution in [3.05, 3.63) is 68.9 Å². The molecule has 4 aromatic carbocycles. The number of benzene rings is 3. The van der Waals surface area contributed by atoms with E-state index in [9.17, 15) is 55.9 Å². The van der Waals surface area contributed by atoms with E-state index in [1.807, 2.05) is 0 Å². The summed E-state index contributed by atoms with van der Waals surface area (Å²) in [7, 11) is 0. The largest absolute Gasteiger partial charge is 0.508 e. The Kier molecular flexibility index (Phi) is 6.02. The van der Waals surface area contributed by atoms with Crippen molar-refractivity contribution < 1.29 is 60.5 Å². The lowest BCUT2D eigenvalue weighted by Gasteiger charge is -2.33. The Morgan fingerprint density at radius 1 is 0.595 bits per heavy atom. The summed E-state index contributed by atoms with van der Waals surface area (Å²) in [5, 5.41) is 104. The molecule has 0 saturated carbocycles. The van der Waals surface area contributed by atoms with Gasteiger partial charge in [-0.2, -0.15) is 0 Å². The topological polar surface area (TPSA) is 238 Å². The van der Waals surface area contributed by atoms with E-state index in [0.717, 1.165) is 24.3 Å². The van der Waals surface area contributed by atoms with Crippen LogP contribution in [0.3, 0.4) is 0 Å². The number of aliphatic hydroxyl groups excluding tert-OH is 2. The molecule has 13 nitrogen and oxygen atoms in total. The Bertz CT molecular complexity index is 1850. The van der Waals surface area contributed by atoms with Crippen LogP contribution in [0.5, 0.6) is 57.5 Å². The normalized spacial score (nSPS) is 21.2. The summed E-state index contributed by atoms with van der Waals surface area (Å²) in [6, 6.07) is 6.54. The van der Waals surface area contributed by atoms with E-state index in [1.165, 1.54) is 12.1 Å². The van der Waals surface area contributed by atoms with Gasteiger partial charge in [-0.15, -0.1) is 0 Å². The van der Waals surface area contributed by atoms with Gasteiger partial charge in [-0.3, -0.25) is 4.79 Å². The third-order valence-corrected chi connectivity index (χ3v) is 7.57. The summed E-state index contributed by atoms with van der Waals surface area (Å²) in [5.41, 5.74) is -1.20. The standard InChI is InChI=1S/C29H24O13/c30-10-3-15(32)12-7-18(35)28(41-20(12)5-10)9-1-14-22(24(37)17(34)2-9)25(38)27(40)26(39)23(14)29-19(36)8-13-16(33)4-11(31)6-21(13)42-29/h1-6,18-19,28-33,35-36,38-40H,7-8H2,(H,34,37)/t18-,19-,28-,29+/m1/s1. The average Bonchev–Trinajstić information content (AvgIpc) is 3.04. The number of hydrogen-bond donors (Lipinski definition) is 10. The fraction of sp³-hybridized carbons (Fsp3) is 0.207. The molecule has 2 heterocycles. The van der Waals surface area contributed by atoms with Crippen LogP contribution in [0, 0.1) is 0 Å². The number of phenolic OH excluding ortho intramolecular Hbond substituents is 7. The van der Waals surface area contributed by atoms with Crippen LogP contribution in [-0.4, -0.2) is 63.3 Å². The minimum absolute atomic E-state index is 0.00102. The molecule has 2 aliphatic rings. The van der Waals surface area contributed by atoms with Crippen molar-refractivity contribution in [2.75, 3.05) is 0 Å². The van der Waals surface area contributed by atoms with Gasteiger partial charge in [-0.25, -0.2) is 0 Å². The maximum atomic E-state index is 13.0. The number of ether oxygens (including phenoxy) is 2. The van der Waals surface area contributed by atoms with Crippen LogP contribution < -0.4 is 14.9 Å². The molecule has 0 aromatic heterocycles. The molecule has 0 radical (unpaired) electrons. The molecule has 0 bridgehead atoms. The van der Waals surface area contributed by atoms with Crippen molar-refractivity contribution >= 4 is 10.8 Å². The van der Waals surface area contributed by atoms with Gasteiger partial charge in [0, 0.05) is 59.2 Å². The molecule has 2 aliphatic heterocycles. The second-order valence-electron chi connectivity index (χ2n) is 10.3. The summed E-state index contributed by atoms with van der Waals surface area (Å²) in [6.07, 6.45) is -6.15. The Hall–Kier alpha value is -5.27. The maximum Gasteiger partial charge on any atom is 0.221 e. The first-order valence-electron chi connectivity index (χ1n) is 12.6. The second kappa shape index (κ2) is 9.39. The molecular weight excluding hydrogens is 556 g/mol. The van der Waals surface area contributed by atoms with E-state index < -0.39 is 58.2 Å². The molecule has 218 valence electrons. The van der Waals surface area contributed by atoms with Crippen LogP contribution in [0.25, 0.3) is 10.8 Å². The zero-order valence-electron chi connectivity index (χ0n) is 21.4. The van der Waals surface area contributed by atoms with Crippen LogP contribution in [0.1, 0.15) is 34.5 Å². The van der Waals surface area contributed by atoms with E-state index in [0.29, 0.717) is 0 Å². The number of rotatable bonds is 2. The Balaban J connectivity index is 1.60. The van der Waals surface area contributed by atoms with Crippen LogP contribution in [-0.2, 0) is 12.8 Å². The predicted octanol–water partition coefficient (Wildman–Crippen LogP) is 1.92. The summed E-state index contributed by atoms with van der Waals surface area (Å²) in [6.45, 7) is 0. The van der Waals surface area contributed by atoms with Crippen LogP contribution in [0.2, 0.25) is 0 Å². The molecule has 10 N–H and O–H groups in total. The first-order chi connectivity index (χ1) is 19.8. The molecule has 13 heteroatoms. The maximum absolute atomic E-state index is 13.0. The fourth-order valence-corrected chi connectivity index (χ4v) is 5.60. The third kappa shape index (κ3) is 4.05. The van der Waals surface area contributed by atoms with Gasteiger partial charge in [0.05, 0.1) is 17.6 Å². The smallest absolute Gasteiger partial charge is 0.221 e. The van der Waals surface area contributed by atoms with Gasteiger partial charge in [0.1, 0.15) is 40.6 Å². The summed E-state index contributed by atoms with van der Waals surface area (Å²) < 4.78 is 11.7. The monoisotopic (exact) mass is 580 g/mol. The number of aliphatic hydroxyl groups is 2. The van der Waals surface area contributed by atoms with Gasteiger partial charge in [0.15, 0.2) is 23.4 Å². The van der Waals surface area contributed by atoms with Crippen LogP contribution >= 0.6 is 0 Å². The number of fused-ring (bicyclic) bond motifs is 3. The lowest BCUT2D eigenvalue weighted by Crippen LogP contribution is -2.31. The molecule has 4 atom stereocenters. The van der Waals surface area contributed by atoms with E-state index in [-0.39, 0.29) is 75.0 Å². The predicted molar refractivity (Wildman–Crippen MR) is 143 cm³/mol. The molecule has 4 aromatic rings. The molecule has 0 spiro atoms. The van der Waals surface area contributed by atoms with Gasteiger partial charge < -0.3 is 60.5 Å². The van der Waals surface area contributed by atoms with Gasteiger partial charge in [0.25, 0.3) is 0 Å². The van der Waals surface area contributed by atoms with Crippen molar-refractivity contribution in [2.45, 2.75) is 37.3 Å². The molecular formula is C29H24O13. The van der Waals surface area contributed by atoms with Crippen molar-refractivity contribution in [3.8, 4) is 57.5 Å². The van der Waals surface area contributed by atoms with Gasteiger partial charge in [-0.05, 0) is 17.7 Å². The van der Waals surface area contributed by atoms with Crippen molar-refractivity contribution in [3.63, 3.8) is 0 Å². The number of aromatic hydroxyl groups is 8. The number of phenols is 7. The van der Waals surface area contributed by atoms with E-state index in [1.54, 1.807) is 0 Å². The van der Waals surface area contributed by atoms with Crippen LogP contribution in [0.4, 0.5) is 0 Å². The lowest BCUT2D eigenvalue weighted by atomic mass is 9.89. The fourth-order valence-electron chi connectivity index (χ4n) is 5.60. The SMILES string of the molecule is O=c1cc([C@H]2Oc3cc(O)cc(O)c3C[C@H]2O)cc2c([C@H]3Oc4cc(O)cc(O)c4C[C@H]3O)c(O)c(O)c(O)c2c1O. The molecule has 6 rings (SSSR count). The van der Waals surface area contributed by atoms with E-state index in [2.05, 4.69) is 0 Å². The van der Waals surface area contributed by atoms with Crippen molar-refractivity contribution in [2.24, 2.45) is 0 Å². The summed E-state index contributed by atoms with van der Waals surface area (Å²) in [4.78, 5) is 13.0. The molecule has 0 saturated heterocycles. The van der Waals surface area contributed by atoms with E-state index >= 15 is 0 Å². The number of hydrogen-bond acceptors (Lipinski definition) is 13. The molecule has 0 amide bonds. The minimum Gasteiger partial charge on any atom is -0.508 e. The summed E-state index contributed by atoms with van der Waals surface area (Å²) in [5.74, 6) is -5.68. The first-order valence-corrected chi connectivity index (χ1v) is 12.6. The first kappa shape index (κ1) is 26.9. The Morgan fingerprint density at radius 2 is 1.12 bits per heavy atom. The quantitative estimate of drug-likeness (QED) is 0.153. The van der Waals surface area contributed by atoms with Crippen LogP contribution in [0.15, 0.2) is 41.2 Å². The third-order valence-electron chi connectivity index (χ3n) is 7.57. The summed E-state index contributed by atoms with van der Waals surface area (Å²) >= 11 is 0. The highest BCUT2D eigenvalue weighted by molar-refractivity contribution is 5.99. The van der Waals surface area contributed by atoms with Gasteiger partial charge >= 0.3 is 0 Å². The Labute approximate surface area is 235 Å².